The summed E-state index contributed by atoms with van der Waals surface area (Å²) in [5.74, 6) is -0.422. The summed E-state index contributed by atoms with van der Waals surface area (Å²) in [5, 5.41) is 9.49. The third kappa shape index (κ3) is 3.28. The molecular weight excluding hydrogens is 249 g/mol. The molecule has 2 rings (SSSR count). The van der Waals surface area contributed by atoms with Crippen LogP contribution >= 0.6 is 0 Å². The number of benzene rings is 1. The summed E-state index contributed by atoms with van der Waals surface area (Å²) in [6, 6.07) is 7.23. The number of phenols is 1. The molecule has 1 aromatic heterocycles. The van der Waals surface area contributed by atoms with Gasteiger partial charge in [-0.15, -0.1) is 0 Å². The molecule has 2 aromatic rings. The summed E-state index contributed by atoms with van der Waals surface area (Å²) in [4.78, 5) is 14.8. The highest BCUT2D eigenvalue weighted by Gasteiger charge is 2.08. The number of phenolic OH excluding ortho intramolecular Hbond substituents is 1. The molecule has 1 heterocycles. The van der Waals surface area contributed by atoms with Gasteiger partial charge in [-0.3, -0.25) is 4.79 Å². The summed E-state index contributed by atoms with van der Waals surface area (Å²) in [5.41, 5.74) is 0.911. The Morgan fingerprint density at radius 2 is 2.16 bits per heavy atom. The maximum absolute atomic E-state index is 12.6. The number of Topliss-reactive ketones (excluding diaryl/α,β-unsaturated/α-hetero) is 1. The molecule has 0 unspecified atom stereocenters. The van der Waals surface area contributed by atoms with E-state index in [9.17, 15) is 14.3 Å². The van der Waals surface area contributed by atoms with Gasteiger partial charge in [-0.25, -0.2) is 4.98 Å². The van der Waals surface area contributed by atoms with Crippen LogP contribution in [0.1, 0.15) is 22.8 Å². The first-order chi connectivity index (χ1) is 9.06. The molecule has 0 fully saturated rings. The van der Waals surface area contributed by atoms with E-state index in [0.29, 0.717) is 11.3 Å². The summed E-state index contributed by atoms with van der Waals surface area (Å²) < 4.78 is 18.1. The van der Waals surface area contributed by atoms with Crippen LogP contribution in [0, 0.1) is 5.95 Å². The summed E-state index contributed by atoms with van der Waals surface area (Å²) in [6.45, 7) is 1.57. The van der Waals surface area contributed by atoms with Gasteiger partial charge in [0.2, 0.25) is 5.95 Å². The quantitative estimate of drug-likeness (QED) is 0.679. The van der Waals surface area contributed by atoms with Crippen LogP contribution in [0.4, 0.5) is 4.39 Å². The fourth-order valence-corrected chi connectivity index (χ4v) is 1.55. The molecule has 5 heteroatoms. The van der Waals surface area contributed by atoms with E-state index in [0.717, 1.165) is 0 Å². The van der Waals surface area contributed by atoms with Gasteiger partial charge in [0.1, 0.15) is 18.1 Å². The molecule has 0 amide bonds. The SMILES string of the molecule is CC(=O)c1cc(OCc2ccc(F)nc2)ccc1O. The van der Waals surface area contributed by atoms with Crippen molar-refractivity contribution < 1.29 is 19.0 Å². The first-order valence-corrected chi connectivity index (χ1v) is 5.63. The number of pyridine rings is 1. The number of rotatable bonds is 4. The molecule has 0 saturated carbocycles. The van der Waals surface area contributed by atoms with Crippen LogP contribution in [0.15, 0.2) is 36.5 Å². The normalized spacial score (nSPS) is 10.2. The van der Waals surface area contributed by atoms with Gasteiger partial charge in [-0.05, 0) is 37.3 Å². The lowest BCUT2D eigenvalue weighted by molar-refractivity contribution is 0.101. The molecule has 19 heavy (non-hydrogen) atoms. The molecule has 98 valence electrons. The highest BCUT2D eigenvalue weighted by Crippen LogP contribution is 2.24. The van der Waals surface area contributed by atoms with Crippen LogP contribution in [0.2, 0.25) is 0 Å². The van der Waals surface area contributed by atoms with E-state index in [4.69, 9.17) is 4.74 Å². The van der Waals surface area contributed by atoms with Crippen LogP contribution < -0.4 is 4.74 Å². The van der Waals surface area contributed by atoms with Crippen molar-refractivity contribution in [3.8, 4) is 11.5 Å². The molecule has 0 radical (unpaired) electrons. The third-order valence-electron chi connectivity index (χ3n) is 2.54. The number of carbonyl (C=O) groups is 1. The second kappa shape index (κ2) is 5.48. The molecule has 1 aromatic carbocycles. The van der Waals surface area contributed by atoms with Gasteiger partial charge >= 0.3 is 0 Å². The van der Waals surface area contributed by atoms with Gasteiger partial charge in [-0.1, -0.05) is 0 Å². The number of halogens is 1. The van der Waals surface area contributed by atoms with Gasteiger partial charge in [0.05, 0.1) is 5.56 Å². The Balaban J connectivity index is 2.09. The molecule has 0 spiro atoms. The number of ether oxygens (including phenoxy) is 1. The Bertz CT molecular complexity index is 596. The molecule has 0 bridgehead atoms. The van der Waals surface area contributed by atoms with E-state index in [1.165, 1.54) is 31.3 Å². The minimum atomic E-state index is -0.549. The minimum absolute atomic E-state index is 0.0803. The number of aromatic hydroxyl groups is 1. The first kappa shape index (κ1) is 13.0. The summed E-state index contributed by atoms with van der Waals surface area (Å²) in [7, 11) is 0. The van der Waals surface area contributed by atoms with Crippen LogP contribution in [-0.4, -0.2) is 15.9 Å². The molecule has 4 nitrogen and oxygen atoms in total. The fraction of sp³-hybridized carbons (Fsp3) is 0.143. The zero-order valence-electron chi connectivity index (χ0n) is 10.3. The predicted molar refractivity (Wildman–Crippen MR) is 66.6 cm³/mol. The summed E-state index contributed by atoms with van der Waals surface area (Å²) in [6.07, 6.45) is 1.38. The van der Waals surface area contributed by atoms with E-state index < -0.39 is 5.95 Å². The standard InChI is InChI=1S/C14H12FNO3/c1-9(17)12-6-11(3-4-13(12)18)19-8-10-2-5-14(15)16-7-10/h2-7,18H,8H2,1H3. The van der Waals surface area contributed by atoms with E-state index in [1.54, 1.807) is 12.1 Å². The zero-order valence-corrected chi connectivity index (χ0v) is 10.3. The fourth-order valence-electron chi connectivity index (χ4n) is 1.55. The van der Waals surface area contributed by atoms with Gasteiger partial charge in [0.25, 0.3) is 0 Å². The Labute approximate surface area is 109 Å². The van der Waals surface area contributed by atoms with E-state index in [2.05, 4.69) is 4.98 Å². The average molecular weight is 261 g/mol. The second-order valence-corrected chi connectivity index (χ2v) is 4.01. The Morgan fingerprint density at radius 3 is 2.79 bits per heavy atom. The lowest BCUT2D eigenvalue weighted by Gasteiger charge is -2.08. The van der Waals surface area contributed by atoms with Crippen molar-refractivity contribution in [1.29, 1.82) is 0 Å². The molecule has 0 aliphatic heterocycles. The van der Waals surface area contributed by atoms with Gasteiger partial charge in [0, 0.05) is 11.8 Å². The monoisotopic (exact) mass is 261 g/mol. The molecule has 0 aliphatic rings. The van der Waals surface area contributed by atoms with Gasteiger partial charge in [0.15, 0.2) is 5.78 Å². The molecule has 0 atom stereocenters. The van der Waals surface area contributed by atoms with Crippen molar-refractivity contribution in [2.24, 2.45) is 0 Å². The second-order valence-electron chi connectivity index (χ2n) is 4.01. The van der Waals surface area contributed by atoms with Crippen molar-refractivity contribution >= 4 is 5.78 Å². The van der Waals surface area contributed by atoms with E-state index in [1.807, 2.05) is 0 Å². The molecular formula is C14H12FNO3. The Hall–Kier alpha value is -2.43. The number of nitrogens with zero attached hydrogens (tertiary/aromatic N) is 1. The largest absolute Gasteiger partial charge is 0.507 e. The topological polar surface area (TPSA) is 59.4 Å². The Morgan fingerprint density at radius 1 is 1.37 bits per heavy atom. The smallest absolute Gasteiger partial charge is 0.212 e. The molecule has 0 saturated heterocycles. The van der Waals surface area contributed by atoms with Crippen LogP contribution in [-0.2, 0) is 6.61 Å². The summed E-state index contributed by atoms with van der Waals surface area (Å²) >= 11 is 0. The maximum Gasteiger partial charge on any atom is 0.212 e. The van der Waals surface area contributed by atoms with E-state index >= 15 is 0 Å². The van der Waals surface area contributed by atoms with Crippen LogP contribution in [0.5, 0.6) is 11.5 Å². The Kier molecular flexibility index (Phi) is 3.75. The number of carbonyl (C=O) groups excluding carboxylic acids is 1. The van der Waals surface area contributed by atoms with Crippen LogP contribution in [0.3, 0.4) is 0 Å². The molecule has 0 aliphatic carbocycles. The lowest BCUT2D eigenvalue weighted by atomic mass is 10.1. The van der Waals surface area contributed by atoms with Crippen molar-refractivity contribution in [1.82, 2.24) is 4.98 Å². The predicted octanol–water partition coefficient (Wildman–Crippen LogP) is 2.71. The number of aromatic nitrogens is 1. The lowest BCUT2D eigenvalue weighted by Crippen LogP contribution is -1.99. The number of ketones is 1. The van der Waals surface area contributed by atoms with Crippen molar-refractivity contribution in [2.45, 2.75) is 13.5 Å². The van der Waals surface area contributed by atoms with Crippen molar-refractivity contribution in [3.63, 3.8) is 0 Å². The number of hydrogen-bond donors (Lipinski definition) is 1. The van der Waals surface area contributed by atoms with Crippen molar-refractivity contribution in [2.75, 3.05) is 0 Å². The average Bonchev–Trinajstić information content (AvgIpc) is 2.39. The number of hydrogen-bond acceptors (Lipinski definition) is 4. The van der Waals surface area contributed by atoms with Gasteiger partial charge < -0.3 is 9.84 Å². The minimum Gasteiger partial charge on any atom is -0.507 e. The van der Waals surface area contributed by atoms with Gasteiger partial charge in [-0.2, -0.15) is 4.39 Å². The van der Waals surface area contributed by atoms with Crippen molar-refractivity contribution in [3.05, 3.63) is 53.6 Å². The first-order valence-electron chi connectivity index (χ1n) is 5.63. The highest BCUT2D eigenvalue weighted by molar-refractivity contribution is 5.97. The molecule has 1 N–H and O–H groups in total. The zero-order chi connectivity index (χ0) is 13.8. The van der Waals surface area contributed by atoms with Crippen LogP contribution in [0.25, 0.3) is 0 Å². The van der Waals surface area contributed by atoms with E-state index in [-0.39, 0.29) is 23.7 Å². The third-order valence-corrected chi connectivity index (χ3v) is 2.54. The maximum atomic E-state index is 12.6. The highest BCUT2D eigenvalue weighted by atomic mass is 19.1.